The number of alkyl halides is 3. The summed E-state index contributed by atoms with van der Waals surface area (Å²) >= 11 is 0. The number of fused-ring (bicyclic) bond motifs is 1. The highest BCUT2D eigenvalue weighted by molar-refractivity contribution is 5.69. The van der Waals surface area contributed by atoms with E-state index in [1.165, 1.54) is 0 Å². The Morgan fingerprint density at radius 1 is 1.26 bits per heavy atom. The van der Waals surface area contributed by atoms with E-state index in [-0.39, 0.29) is 24.0 Å². The van der Waals surface area contributed by atoms with Gasteiger partial charge in [0.2, 0.25) is 0 Å². The molecule has 2 rings (SSSR count). The Bertz CT molecular complexity index is 353. The first-order chi connectivity index (χ1) is 8.57. The molecule has 2 fully saturated rings. The highest BCUT2D eigenvalue weighted by atomic mass is 19.4. The van der Waals surface area contributed by atoms with Gasteiger partial charge in [-0.25, -0.2) is 4.79 Å². The van der Waals surface area contributed by atoms with Crippen LogP contribution in [0.15, 0.2) is 0 Å². The maximum absolute atomic E-state index is 12.1. The third kappa shape index (κ3) is 3.75. The molecule has 2 aliphatic rings. The predicted octanol–water partition coefficient (Wildman–Crippen LogP) is 2.00. The third-order valence-electron chi connectivity index (χ3n) is 3.38. The van der Waals surface area contributed by atoms with Gasteiger partial charge in [-0.2, -0.15) is 13.2 Å². The highest BCUT2D eigenvalue weighted by Crippen LogP contribution is 2.46. The van der Waals surface area contributed by atoms with E-state index >= 15 is 0 Å². The van der Waals surface area contributed by atoms with Crippen LogP contribution in [0.1, 0.15) is 20.8 Å². The lowest BCUT2D eigenvalue weighted by Crippen LogP contribution is -2.40. The van der Waals surface area contributed by atoms with Crippen molar-refractivity contribution in [1.29, 1.82) is 0 Å². The molecule has 1 N–H and O–H groups in total. The Hall–Kier alpha value is -0.980. The summed E-state index contributed by atoms with van der Waals surface area (Å²) in [7, 11) is 0. The molecular formula is C12H19F3N2O2. The smallest absolute Gasteiger partial charge is 0.410 e. The first kappa shape index (κ1) is 14.4. The molecule has 0 radical (unpaired) electrons. The number of hydrogen-bond donors (Lipinski definition) is 1. The summed E-state index contributed by atoms with van der Waals surface area (Å²) in [5.74, 6) is 0.268. The normalized spacial score (nSPS) is 30.2. The molecule has 110 valence electrons. The number of carbonyl (C=O) groups excluding carboxylic acids is 1. The molecule has 0 aromatic rings. The Morgan fingerprint density at radius 2 is 1.79 bits per heavy atom. The van der Waals surface area contributed by atoms with E-state index in [0.717, 1.165) is 0 Å². The van der Waals surface area contributed by atoms with Gasteiger partial charge >= 0.3 is 12.3 Å². The van der Waals surface area contributed by atoms with Gasteiger partial charge in [0, 0.05) is 19.1 Å². The number of ether oxygens (including phenoxy) is 1. The minimum absolute atomic E-state index is 0.111. The van der Waals surface area contributed by atoms with Crippen LogP contribution in [-0.4, -0.2) is 48.4 Å². The van der Waals surface area contributed by atoms with Crippen molar-refractivity contribution in [3.63, 3.8) is 0 Å². The number of rotatable bonds is 2. The molecule has 0 spiro atoms. The molecule has 1 saturated carbocycles. The van der Waals surface area contributed by atoms with Crippen molar-refractivity contribution in [2.75, 3.05) is 19.6 Å². The van der Waals surface area contributed by atoms with Crippen LogP contribution in [0.3, 0.4) is 0 Å². The summed E-state index contributed by atoms with van der Waals surface area (Å²) < 4.78 is 41.4. The number of piperidine rings is 1. The van der Waals surface area contributed by atoms with E-state index in [1.807, 2.05) is 0 Å². The van der Waals surface area contributed by atoms with E-state index < -0.39 is 18.3 Å². The van der Waals surface area contributed by atoms with Crippen molar-refractivity contribution in [2.24, 2.45) is 11.8 Å². The minimum Gasteiger partial charge on any atom is -0.444 e. The highest BCUT2D eigenvalue weighted by Gasteiger charge is 2.57. The molecule has 0 aromatic heterocycles. The predicted molar refractivity (Wildman–Crippen MR) is 62.6 cm³/mol. The van der Waals surface area contributed by atoms with Gasteiger partial charge in [0.15, 0.2) is 0 Å². The van der Waals surface area contributed by atoms with E-state index in [1.54, 1.807) is 25.7 Å². The van der Waals surface area contributed by atoms with Crippen LogP contribution in [0.2, 0.25) is 0 Å². The fourth-order valence-corrected chi connectivity index (χ4v) is 2.54. The lowest BCUT2D eigenvalue weighted by atomic mass is 10.2. The van der Waals surface area contributed by atoms with Crippen LogP contribution in [0.25, 0.3) is 0 Å². The van der Waals surface area contributed by atoms with Gasteiger partial charge in [-0.1, -0.05) is 0 Å². The molecule has 0 aromatic carbocycles. The summed E-state index contributed by atoms with van der Waals surface area (Å²) in [5, 5.41) is 2.50. The van der Waals surface area contributed by atoms with Crippen LogP contribution >= 0.6 is 0 Å². The zero-order chi connectivity index (χ0) is 14.4. The SMILES string of the molecule is CC(C)(C)OC(=O)N1C[C@@H]2[C@H](C1)[C@@H]2NCC(F)(F)F. The van der Waals surface area contributed by atoms with Crippen LogP contribution in [0.4, 0.5) is 18.0 Å². The average molecular weight is 280 g/mol. The monoisotopic (exact) mass is 280 g/mol. The van der Waals surface area contributed by atoms with E-state index in [4.69, 9.17) is 4.74 Å². The van der Waals surface area contributed by atoms with E-state index in [0.29, 0.717) is 13.1 Å². The van der Waals surface area contributed by atoms with Crippen molar-refractivity contribution in [1.82, 2.24) is 10.2 Å². The molecule has 3 atom stereocenters. The first-order valence-corrected chi connectivity index (χ1v) is 6.35. The number of likely N-dealkylation sites (tertiary alicyclic amines) is 1. The summed E-state index contributed by atoms with van der Waals surface area (Å²) in [6.45, 7) is 5.36. The van der Waals surface area contributed by atoms with Gasteiger partial charge in [-0.3, -0.25) is 0 Å². The van der Waals surface area contributed by atoms with Gasteiger partial charge in [0.25, 0.3) is 0 Å². The second kappa shape index (κ2) is 4.54. The van der Waals surface area contributed by atoms with Crippen LogP contribution in [-0.2, 0) is 4.74 Å². The molecule has 4 nitrogen and oxygen atoms in total. The van der Waals surface area contributed by atoms with Crippen molar-refractivity contribution < 1.29 is 22.7 Å². The summed E-state index contributed by atoms with van der Waals surface area (Å²) in [6.07, 6.45) is -4.56. The van der Waals surface area contributed by atoms with Crippen molar-refractivity contribution >= 4 is 6.09 Å². The molecule has 0 bridgehead atoms. The largest absolute Gasteiger partial charge is 0.444 e. The Labute approximate surface area is 110 Å². The van der Waals surface area contributed by atoms with E-state index in [9.17, 15) is 18.0 Å². The number of nitrogens with one attached hydrogen (secondary N) is 1. The van der Waals surface area contributed by atoms with Gasteiger partial charge in [-0.05, 0) is 32.6 Å². The zero-order valence-corrected chi connectivity index (χ0v) is 11.3. The Balaban J connectivity index is 1.73. The van der Waals surface area contributed by atoms with Gasteiger partial charge in [0.1, 0.15) is 5.60 Å². The quantitative estimate of drug-likeness (QED) is 0.841. The van der Waals surface area contributed by atoms with Gasteiger partial charge in [0.05, 0.1) is 6.54 Å². The average Bonchev–Trinajstić information content (AvgIpc) is 2.65. The van der Waals surface area contributed by atoms with Crippen LogP contribution in [0.5, 0.6) is 0 Å². The second-order valence-corrected chi connectivity index (χ2v) is 6.23. The van der Waals surface area contributed by atoms with Crippen molar-refractivity contribution in [3.8, 4) is 0 Å². The van der Waals surface area contributed by atoms with Crippen molar-refractivity contribution in [2.45, 2.75) is 38.6 Å². The maximum atomic E-state index is 12.1. The molecule has 1 amide bonds. The molecular weight excluding hydrogens is 261 g/mol. The minimum atomic E-state index is -4.18. The van der Waals surface area contributed by atoms with Crippen molar-refractivity contribution in [3.05, 3.63) is 0 Å². The number of carbonyl (C=O) groups is 1. The van der Waals surface area contributed by atoms with Gasteiger partial charge in [-0.15, -0.1) is 0 Å². The number of nitrogens with zero attached hydrogens (tertiary/aromatic N) is 1. The summed E-state index contributed by atoms with van der Waals surface area (Å²) in [5.41, 5.74) is -0.544. The Kier molecular flexibility index (Phi) is 3.45. The molecule has 1 heterocycles. The topological polar surface area (TPSA) is 41.6 Å². The molecule has 1 aliphatic carbocycles. The number of halogens is 3. The van der Waals surface area contributed by atoms with Gasteiger partial charge < -0.3 is 15.0 Å². The second-order valence-electron chi connectivity index (χ2n) is 6.23. The standard InChI is InChI=1S/C12H19F3N2O2/c1-11(2,3)19-10(18)17-4-7-8(5-17)9(7)16-6-12(13,14)15/h7-9,16H,4-6H2,1-3H3/t7-,8+,9-. The molecule has 1 saturated heterocycles. The third-order valence-corrected chi connectivity index (χ3v) is 3.38. The molecule has 0 unspecified atom stereocenters. The lowest BCUT2D eigenvalue weighted by Gasteiger charge is -2.26. The Morgan fingerprint density at radius 3 is 2.21 bits per heavy atom. The van der Waals surface area contributed by atoms with Crippen LogP contribution in [0, 0.1) is 11.8 Å². The van der Waals surface area contributed by atoms with Crippen LogP contribution < -0.4 is 5.32 Å². The molecule has 1 aliphatic heterocycles. The maximum Gasteiger partial charge on any atom is 0.410 e. The summed E-state index contributed by atoms with van der Waals surface area (Å²) in [6, 6.07) is -0.111. The molecule has 19 heavy (non-hydrogen) atoms. The molecule has 7 heteroatoms. The van der Waals surface area contributed by atoms with E-state index in [2.05, 4.69) is 5.32 Å². The first-order valence-electron chi connectivity index (χ1n) is 6.35. The number of amides is 1. The fourth-order valence-electron chi connectivity index (χ4n) is 2.54. The fraction of sp³-hybridized carbons (Fsp3) is 0.917. The zero-order valence-electron chi connectivity index (χ0n) is 11.3. The lowest BCUT2D eigenvalue weighted by molar-refractivity contribution is -0.125. The number of hydrogen-bond acceptors (Lipinski definition) is 3. The summed E-state index contributed by atoms with van der Waals surface area (Å²) in [4.78, 5) is 13.3.